The number of unbranched alkanes of at least 4 members (excludes halogenated alkanes) is 15. The summed E-state index contributed by atoms with van der Waals surface area (Å²) >= 11 is 0. The summed E-state index contributed by atoms with van der Waals surface area (Å²) in [5.41, 5.74) is 6.24. The van der Waals surface area contributed by atoms with Crippen molar-refractivity contribution in [2.75, 3.05) is 20.7 Å². The van der Waals surface area contributed by atoms with Crippen LogP contribution in [0.1, 0.15) is 122 Å². The van der Waals surface area contributed by atoms with E-state index in [9.17, 15) is 4.57 Å². The Labute approximate surface area is 192 Å². The number of rotatable bonds is 23. The number of phosphoric ester groups is 1. The first kappa shape index (κ1) is 31.0. The third-order valence-corrected chi connectivity index (χ3v) is 6.65. The summed E-state index contributed by atoms with van der Waals surface area (Å²) in [5, 5.41) is 0. The average molecular weight is 465 g/mol. The topological polar surface area (TPSA) is 96.0 Å². The predicted octanol–water partition coefficient (Wildman–Crippen LogP) is 6.39. The molecule has 2 unspecified atom stereocenters. The van der Waals surface area contributed by atoms with Crippen LogP contribution in [0.5, 0.6) is 0 Å². The number of phosphoric acid groups is 1. The molecule has 0 aliphatic rings. The van der Waals surface area contributed by atoms with Crippen LogP contribution in [-0.4, -0.2) is 47.5 Å². The van der Waals surface area contributed by atoms with Gasteiger partial charge < -0.3 is 20.4 Å². The van der Waals surface area contributed by atoms with E-state index in [0.29, 0.717) is 6.42 Å². The maximum Gasteiger partial charge on any atom is 0.469 e. The Morgan fingerprint density at radius 1 is 0.774 bits per heavy atom. The molecule has 0 aromatic carbocycles. The number of likely N-dealkylation sites (N-methyl/N-ethyl adjacent to an activating group) is 1. The molecule has 7 heteroatoms. The molecule has 0 fully saturated rings. The van der Waals surface area contributed by atoms with E-state index in [1.54, 1.807) is 0 Å². The first-order chi connectivity index (χ1) is 14.8. The number of nitrogens with two attached hydrogens (primary N) is 1. The monoisotopic (exact) mass is 464 g/mol. The zero-order valence-electron chi connectivity index (χ0n) is 20.8. The van der Waals surface area contributed by atoms with Gasteiger partial charge in [0, 0.05) is 12.1 Å². The van der Waals surface area contributed by atoms with Crippen molar-refractivity contribution in [2.45, 2.75) is 135 Å². The Morgan fingerprint density at radius 2 is 1.16 bits per heavy atom. The van der Waals surface area contributed by atoms with Crippen molar-refractivity contribution >= 4 is 7.82 Å². The summed E-state index contributed by atoms with van der Waals surface area (Å²) in [6, 6.07) is -0.0388. The summed E-state index contributed by atoms with van der Waals surface area (Å²) in [7, 11) is -0.657. The molecule has 2 atom stereocenters. The summed E-state index contributed by atoms with van der Waals surface area (Å²) in [6.07, 6.45) is 23.4. The molecule has 0 saturated heterocycles. The fourth-order valence-corrected chi connectivity index (χ4v) is 4.40. The van der Waals surface area contributed by atoms with Crippen LogP contribution in [0.2, 0.25) is 0 Å². The molecule has 0 aromatic rings. The molecule has 31 heavy (non-hydrogen) atoms. The van der Waals surface area contributed by atoms with Gasteiger partial charge in [-0.3, -0.25) is 4.52 Å². The quantitative estimate of drug-likeness (QED) is 0.120. The van der Waals surface area contributed by atoms with Crippen molar-refractivity contribution < 1.29 is 18.9 Å². The molecule has 0 rings (SSSR count). The molecule has 188 valence electrons. The van der Waals surface area contributed by atoms with Crippen LogP contribution in [0.15, 0.2) is 0 Å². The van der Waals surface area contributed by atoms with E-state index in [-0.39, 0.29) is 18.7 Å². The summed E-state index contributed by atoms with van der Waals surface area (Å²) in [6.45, 7) is 2.28. The van der Waals surface area contributed by atoms with E-state index in [4.69, 9.17) is 15.5 Å². The van der Waals surface area contributed by atoms with Gasteiger partial charge in [0.25, 0.3) is 0 Å². The third-order valence-electron chi connectivity index (χ3n) is 6.17. The fourth-order valence-electron chi connectivity index (χ4n) is 4.03. The highest BCUT2D eigenvalue weighted by Gasteiger charge is 2.21. The molecule has 6 nitrogen and oxygen atoms in total. The molecule has 0 aliphatic heterocycles. The van der Waals surface area contributed by atoms with Crippen LogP contribution < -0.4 is 5.73 Å². The normalized spacial score (nSPS) is 14.3. The lowest BCUT2D eigenvalue weighted by Crippen LogP contribution is -2.38. The van der Waals surface area contributed by atoms with Gasteiger partial charge in [-0.2, -0.15) is 0 Å². The van der Waals surface area contributed by atoms with Crippen LogP contribution in [0.25, 0.3) is 0 Å². The van der Waals surface area contributed by atoms with Crippen LogP contribution >= 0.6 is 7.82 Å². The zero-order valence-corrected chi connectivity index (χ0v) is 21.7. The molecule has 0 aromatic heterocycles. The summed E-state index contributed by atoms with van der Waals surface area (Å²) in [5.74, 6) is 0. The Bertz CT molecular complexity index is 432. The summed E-state index contributed by atoms with van der Waals surface area (Å²) < 4.78 is 15.6. The highest BCUT2D eigenvalue weighted by molar-refractivity contribution is 7.46. The summed E-state index contributed by atoms with van der Waals surface area (Å²) in [4.78, 5) is 19.7. The van der Waals surface area contributed by atoms with E-state index in [1.165, 1.54) is 96.3 Å². The van der Waals surface area contributed by atoms with Crippen molar-refractivity contribution in [3.05, 3.63) is 0 Å². The standard InChI is InChI=1S/C24H53N2O4P/c1-4-5-6-7-8-9-10-11-12-13-14-15-16-17-18-19-20-23(25)21-24(26(2)3)22-30-31(27,28)29/h23-24H,4-22,25H2,1-3H3,(H2,27,28,29). The maximum atomic E-state index is 10.9. The van der Waals surface area contributed by atoms with Crippen LogP contribution in [-0.2, 0) is 9.09 Å². The van der Waals surface area contributed by atoms with Crippen molar-refractivity contribution in [2.24, 2.45) is 5.73 Å². The van der Waals surface area contributed by atoms with Crippen molar-refractivity contribution in [3.63, 3.8) is 0 Å². The largest absolute Gasteiger partial charge is 0.469 e. The first-order valence-corrected chi connectivity index (χ1v) is 14.4. The minimum Gasteiger partial charge on any atom is -0.328 e. The number of nitrogens with zero attached hydrogens (tertiary/aromatic N) is 1. The number of hydrogen-bond donors (Lipinski definition) is 3. The van der Waals surface area contributed by atoms with Gasteiger partial charge in [0.05, 0.1) is 6.61 Å². The van der Waals surface area contributed by atoms with Crippen LogP contribution in [0, 0.1) is 0 Å². The molecule has 4 N–H and O–H groups in total. The third kappa shape index (κ3) is 23.0. The van der Waals surface area contributed by atoms with Gasteiger partial charge in [-0.1, -0.05) is 110 Å². The van der Waals surface area contributed by atoms with Gasteiger partial charge in [0.2, 0.25) is 0 Å². The van der Waals surface area contributed by atoms with Gasteiger partial charge >= 0.3 is 7.82 Å². The minimum atomic E-state index is -4.42. The Morgan fingerprint density at radius 3 is 1.52 bits per heavy atom. The maximum absolute atomic E-state index is 10.9. The lowest BCUT2D eigenvalue weighted by Gasteiger charge is -2.27. The minimum absolute atomic E-state index is 0.00391. The second-order valence-electron chi connectivity index (χ2n) is 9.49. The lowest BCUT2D eigenvalue weighted by atomic mass is 10.00. The molecule has 0 bridgehead atoms. The predicted molar refractivity (Wildman–Crippen MR) is 132 cm³/mol. The average Bonchev–Trinajstić information content (AvgIpc) is 2.69. The second-order valence-corrected chi connectivity index (χ2v) is 10.7. The highest BCUT2D eigenvalue weighted by atomic mass is 31.2. The second kappa shape index (κ2) is 20.6. The van der Waals surface area contributed by atoms with Gasteiger partial charge in [-0.05, 0) is 26.9 Å². The number of hydrogen-bond acceptors (Lipinski definition) is 4. The zero-order chi connectivity index (χ0) is 23.4. The molecule has 0 saturated carbocycles. The van der Waals surface area contributed by atoms with Crippen LogP contribution in [0.3, 0.4) is 0 Å². The highest BCUT2D eigenvalue weighted by Crippen LogP contribution is 2.36. The van der Waals surface area contributed by atoms with Crippen LogP contribution in [0.4, 0.5) is 0 Å². The van der Waals surface area contributed by atoms with Crippen molar-refractivity contribution in [3.8, 4) is 0 Å². The Balaban J connectivity index is 3.48. The molecule has 0 heterocycles. The first-order valence-electron chi connectivity index (χ1n) is 12.9. The Hall–Kier alpha value is 0.0300. The lowest BCUT2D eigenvalue weighted by molar-refractivity contribution is 0.130. The van der Waals surface area contributed by atoms with Gasteiger partial charge in [-0.25, -0.2) is 4.57 Å². The fraction of sp³-hybridized carbons (Fsp3) is 1.00. The molecule has 0 aliphatic carbocycles. The molecule has 0 amide bonds. The smallest absolute Gasteiger partial charge is 0.328 e. The van der Waals surface area contributed by atoms with Crippen molar-refractivity contribution in [1.82, 2.24) is 4.90 Å². The van der Waals surface area contributed by atoms with Gasteiger partial charge in [-0.15, -0.1) is 0 Å². The van der Waals surface area contributed by atoms with Gasteiger partial charge in [0.15, 0.2) is 0 Å². The molecule has 0 radical (unpaired) electrons. The SMILES string of the molecule is CCCCCCCCCCCCCCCCCCC(N)CC(COP(=O)(O)O)N(C)C. The van der Waals surface area contributed by atoms with E-state index in [0.717, 1.165) is 12.8 Å². The molecular weight excluding hydrogens is 411 g/mol. The molecule has 0 spiro atoms. The van der Waals surface area contributed by atoms with E-state index in [1.807, 2.05) is 19.0 Å². The van der Waals surface area contributed by atoms with Gasteiger partial charge in [0.1, 0.15) is 0 Å². The Kier molecular flexibility index (Phi) is 20.6. The van der Waals surface area contributed by atoms with Crippen molar-refractivity contribution in [1.29, 1.82) is 0 Å². The van der Waals surface area contributed by atoms with E-state index in [2.05, 4.69) is 11.4 Å². The van der Waals surface area contributed by atoms with E-state index < -0.39 is 7.82 Å². The van der Waals surface area contributed by atoms with E-state index >= 15 is 0 Å². The molecular formula is C24H53N2O4P.